The van der Waals surface area contributed by atoms with Crippen LogP contribution in [0.2, 0.25) is 0 Å². The molecule has 1 aliphatic rings. The molecule has 1 saturated heterocycles. The Hall–Kier alpha value is -2.06. The van der Waals surface area contributed by atoms with Crippen LogP contribution < -0.4 is 5.73 Å². The quantitative estimate of drug-likeness (QED) is 0.924. The molecule has 0 saturated carbocycles. The minimum absolute atomic E-state index is 0.519. The van der Waals surface area contributed by atoms with Gasteiger partial charge < -0.3 is 10.3 Å². The van der Waals surface area contributed by atoms with Crippen molar-refractivity contribution >= 4 is 17.0 Å². The van der Waals surface area contributed by atoms with Crippen molar-refractivity contribution in [1.29, 1.82) is 5.26 Å². The molecule has 2 N–H and O–H groups in total. The zero-order valence-electron chi connectivity index (χ0n) is 11.7. The fourth-order valence-electron chi connectivity index (χ4n) is 3.13. The van der Waals surface area contributed by atoms with Gasteiger partial charge in [0, 0.05) is 12.6 Å². The van der Waals surface area contributed by atoms with Gasteiger partial charge in [-0.25, -0.2) is 4.98 Å². The molecule has 2 heterocycles. The Morgan fingerprint density at radius 3 is 3.10 bits per heavy atom. The molecule has 0 radical (unpaired) electrons. The number of aromatic nitrogens is 2. The summed E-state index contributed by atoms with van der Waals surface area (Å²) in [4.78, 5) is 6.88. The van der Waals surface area contributed by atoms with E-state index in [0.717, 1.165) is 30.7 Å². The van der Waals surface area contributed by atoms with Gasteiger partial charge in [-0.1, -0.05) is 6.92 Å². The van der Waals surface area contributed by atoms with Crippen molar-refractivity contribution in [2.45, 2.75) is 32.4 Å². The van der Waals surface area contributed by atoms with Crippen molar-refractivity contribution < 1.29 is 0 Å². The molecule has 0 spiro atoms. The zero-order chi connectivity index (χ0) is 14.1. The van der Waals surface area contributed by atoms with Crippen LogP contribution in [0.3, 0.4) is 0 Å². The number of likely N-dealkylation sites (N-methyl/N-ethyl adjacent to an activating group) is 1. The second-order valence-electron chi connectivity index (χ2n) is 5.32. The van der Waals surface area contributed by atoms with Crippen LogP contribution in [0.25, 0.3) is 11.0 Å². The number of nitriles is 1. The minimum Gasteiger partial charge on any atom is -0.369 e. The van der Waals surface area contributed by atoms with Gasteiger partial charge in [0.1, 0.15) is 0 Å². The van der Waals surface area contributed by atoms with Crippen LogP contribution in [0.4, 0.5) is 5.95 Å². The van der Waals surface area contributed by atoms with Crippen LogP contribution in [0.5, 0.6) is 0 Å². The highest BCUT2D eigenvalue weighted by atomic mass is 15.2. The third kappa shape index (κ3) is 2.12. The Morgan fingerprint density at radius 1 is 1.50 bits per heavy atom. The Kier molecular flexibility index (Phi) is 3.33. The molecule has 0 aliphatic carbocycles. The smallest absolute Gasteiger partial charge is 0.201 e. The maximum Gasteiger partial charge on any atom is 0.201 e. The van der Waals surface area contributed by atoms with Gasteiger partial charge in [-0.15, -0.1) is 0 Å². The number of imidazole rings is 1. The first-order valence-corrected chi connectivity index (χ1v) is 7.13. The predicted molar refractivity (Wildman–Crippen MR) is 79.1 cm³/mol. The Morgan fingerprint density at radius 2 is 2.35 bits per heavy atom. The van der Waals surface area contributed by atoms with Crippen LogP contribution in [0.1, 0.15) is 25.3 Å². The van der Waals surface area contributed by atoms with Crippen molar-refractivity contribution in [3.05, 3.63) is 23.8 Å². The van der Waals surface area contributed by atoms with Crippen molar-refractivity contribution in [3.63, 3.8) is 0 Å². The van der Waals surface area contributed by atoms with Gasteiger partial charge in [0.25, 0.3) is 0 Å². The first-order chi connectivity index (χ1) is 9.72. The summed E-state index contributed by atoms with van der Waals surface area (Å²) in [6, 6.07) is 8.23. The molecule has 0 amide bonds. The van der Waals surface area contributed by atoms with E-state index in [9.17, 15) is 0 Å². The van der Waals surface area contributed by atoms with Crippen LogP contribution in [0, 0.1) is 11.3 Å². The molecule has 104 valence electrons. The number of nitrogen functional groups attached to an aromatic ring is 1. The molecule has 5 heteroatoms. The van der Waals surface area contributed by atoms with Gasteiger partial charge >= 0.3 is 0 Å². The zero-order valence-corrected chi connectivity index (χ0v) is 11.7. The number of nitrogens with two attached hydrogens (primary N) is 1. The van der Waals surface area contributed by atoms with E-state index in [1.54, 1.807) is 6.07 Å². The number of rotatable bonds is 3. The molecule has 1 aromatic heterocycles. The number of nitrogens with zero attached hydrogens (tertiary/aromatic N) is 4. The van der Waals surface area contributed by atoms with Gasteiger partial charge in [-0.05, 0) is 44.1 Å². The summed E-state index contributed by atoms with van der Waals surface area (Å²) in [6.45, 7) is 5.28. The molecule has 1 unspecified atom stereocenters. The fourth-order valence-corrected chi connectivity index (χ4v) is 3.13. The maximum absolute atomic E-state index is 9.04. The van der Waals surface area contributed by atoms with E-state index in [4.69, 9.17) is 11.0 Å². The second-order valence-corrected chi connectivity index (χ2v) is 5.32. The highest BCUT2D eigenvalue weighted by molar-refractivity contribution is 5.79. The number of benzene rings is 1. The summed E-state index contributed by atoms with van der Waals surface area (Å²) in [5.41, 5.74) is 8.54. The molecule has 1 fully saturated rings. The summed E-state index contributed by atoms with van der Waals surface area (Å²) < 4.78 is 2.05. The van der Waals surface area contributed by atoms with Crippen LogP contribution in [-0.4, -0.2) is 33.6 Å². The maximum atomic E-state index is 9.04. The minimum atomic E-state index is 0.519. The van der Waals surface area contributed by atoms with E-state index in [0.29, 0.717) is 17.6 Å². The number of fused-ring (bicyclic) bond motifs is 1. The average Bonchev–Trinajstić information content (AvgIpc) is 3.03. The van der Waals surface area contributed by atoms with Gasteiger partial charge in [-0.3, -0.25) is 4.90 Å². The van der Waals surface area contributed by atoms with E-state index in [-0.39, 0.29) is 0 Å². The lowest BCUT2D eigenvalue weighted by molar-refractivity contribution is 0.246. The summed E-state index contributed by atoms with van der Waals surface area (Å²) in [6.07, 6.45) is 2.44. The SMILES string of the molecule is CCN1CCCC1Cn1c(N)nc2ccc(C#N)cc21. The molecule has 3 rings (SSSR count). The molecule has 1 aliphatic heterocycles. The second kappa shape index (κ2) is 5.14. The van der Waals surface area contributed by atoms with Crippen LogP contribution in [-0.2, 0) is 6.54 Å². The molecule has 1 aromatic carbocycles. The number of anilines is 1. The van der Waals surface area contributed by atoms with E-state index >= 15 is 0 Å². The molecular formula is C15H19N5. The highest BCUT2D eigenvalue weighted by Crippen LogP contribution is 2.24. The summed E-state index contributed by atoms with van der Waals surface area (Å²) in [5, 5.41) is 9.04. The Balaban J connectivity index is 1.98. The van der Waals surface area contributed by atoms with Crippen molar-refractivity contribution in [1.82, 2.24) is 14.5 Å². The number of likely N-dealkylation sites (tertiary alicyclic amines) is 1. The van der Waals surface area contributed by atoms with Gasteiger partial charge in [0.15, 0.2) is 0 Å². The molecular weight excluding hydrogens is 250 g/mol. The van der Waals surface area contributed by atoms with E-state index < -0.39 is 0 Å². The fraction of sp³-hybridized carbons (Fsp3) is 0.467. The number of hydrogen-bond donors (Lipinski definition) is 1. The first-order valence-electron chi connectivity index (χ1n) is 7.13. The molecule has 20 heavy (non-hydrogen) atoms. The highest BCUT2D eigenvalue weighted by Gasteiger charge is 2.24. The van der Waals surface area contributed by atoms with Gasteiger partial charge in [0.2, 0.25) is 5.95 Å². The third-order valence-corrected chi connectivity index (χ3v) is 4.21. The predicted octanol–water partition coefficient (Wildman–Crippen LogP) is 1.97. The normalized spacial score (nSPS) is 19.5. The summed E-state index contributed by atoms with van der Waals surface area (Å²) in [7, 11) is 0. The lowest BCUT2D eigenvalue weighted by Gasteiger charge is -2.23. The lowest BCUT2D eigenvalue weighted by atomic mass is 10.2. The van der Waals surface area contributed by atoms with Gasteiger partial charge in [0.05, 0.1) is 22.7 Å². The molecule has 0 bridgehead atoms. The lowest BCUT2D eigenvalue weighted by Crippen LogP contribution is -2.33. The number of hydrogen-bond acceptors (Lipinski definition) is 4. The largest absolute Gasteiger partial charge is 0.369 e. The van der Waals surface area contributed by atoms with Crippen molar-refractivity contribution in [2.75, 3.05) is 18.8 Å². The van der Waals surface area contributed by atoms with Crippen LogP contribution in [0.15, 0.2) is 18.2 Å². The van der Waals surface area contributed by atoms with E-state index in [1.807, 2.05) is 12.1 Å². The average molecular weight is 269 g/mol. The standard InChI is InChI=1S/C15H19N5/c1-2-19-7-3-4-12(19)10-20-14-8-11(9-16)5-6-13(14)18-15(20)17/h5-6,8,12H,2-4,7,10H2,1H3,(H2,17,18). The van der Waals surface area contributed by atoms with Crippen molar-refractivity contribution in [2.24, 2.45) is 0 Å². The first kappa shape index (κ1) is 12.9. The Bertz CT molecular complexity index is 667. The van der Waals surface area contributed by atoms with Gasteiger partial charge in [-0.2, -0.15) is 5.26 Å². The van der Waals surface area contributed by atoms with E-state index in [1.165, 1.54) is 12.8 Å². The Labute approximate surface area is 118 Å². The molecule has 2 aromatic rings. The van der Waals surface area contributed by atoms with E-state index in [2.05, 4.69) is 27.4 Å². The summed E-state index contributed by atoms with van der Waals surface area (Å²) in [5.74, 6) is 0.540. The van der Waals surface area contributed by atoms with Crippen molar-refractivity contribution in [3.8, 4) is 6.07 Å². The molecule has 5 nitrogen and oxygen atoms in total. The summed E-state index contributed by atoms with van der Waals surface area (Å²) >= 11 is 0. The van der Waals surface area contributed by atoms with Crippen LogP contribution >= 0.6 is 0 Å². The monoisotopic (exact) mass is 269 g/mol. The topological polar surface area (TPSA) is 70.9 Å². The molecule has 1 atom stereocenters. The third-order valence-electron chi connectivity index (χ3n) is 4.21.